The number of hydrogen-bond donors (Lipinski definition) is 0. The molecule has 2 aromatic rings. The van der Waals surface area contributed by atoms with Gasteiger partial charge in [-0.25, -0.2) is 0 Å². The fourth-order valence-electron chi connectivity index (χ4n) is 2.30. The van der Waals surface area contributed by atoms with Gasteiger partial charge in [0.2, 0.25) is 0 Å². The van der Waals surface area contributed by atoms with Crippen molar-refractivity contribution in [1.29, 1.82) is 0 Å². The van der Waals surface area contributed by atoms with Gasteiger partial charge in [-0.05, 0) is 48.4 Å². The van der Waals surface area contributed by atoms with Crippen molar-refractivity contribution in [2.75, 3.05) is 13.2 Å². The van der Waals surface area contributed by atoms with Gasteiger partial charge in [0.1, 0.15) is 12.4 Å². The number of aryl methyl sites for hydroxylation is 1. The van der Waals surface area contributed by atoms with Gasteiger partial charge >= 0.3 is 0 Å². The third-order valence-electron chi connectivity index (χ3n) is 3.63. The van der Waals surface area contributed by atoms with Crippen molar-refractivity contribution < 1.29 is 9.47 Å². The van der Waals surface area contributed by atoms with Crippen LogP contribution in [0, 0.1) is 6.92 Å². The van der Waals surface area contributed by atoms with Crippen LogP contribution >= 0.6 is 0 Å². The maximum absolute atomic E-state index is 5.86. The predicted molar refractivity (Wildman–Crippen MR) is 87.9 cm³/mol. The quantitative estimate of drug-likeness (QED) is 0.780. The van der Waals surface area contributed by atoms with E-state index in [4.69, 9.17) is 9.47 Å². The second kappa shape index (κ2) is 6.61. The molecule has 0 bridgehead atoms. The molecule has 0 N–H and O–H groups in total. The van der Waals surface area contributed by atoms with Crippen molar-refractivity contribution in [3.8, 4) is 17.0 Å². The van der Waals surface area contributed by atoms with E-state index in [1.54, 1.807) is 0 Å². The maximum Gasteiger partial charge on any atom is 0.120 e. The molecule has 3 heteroatoms. The van der Waals surface area contributed by atoms with E-state index in [9.17, 15) is 0 Å². The third-order valence-corrected chi connectivity index (χ3v) is 3.63. The summed E-state index contributed by atoms with van der Waals surface area (Å²) in [6, 6.07) is 10.1. The lowest BCUT2D eigenvalue weighted by atomic mass is 10.1. The summed E-state index contributed by atoms with van der Waals surface area (Å²) in [6.07, 6.45) is 5.00. The Morgan fingerprint density at radius 2 is 2.27 bits per heavy atom. The van der Waals surface area contributed by atoms with Crippen LogP contribution in [0.1, 0.15) is 17.5 Å². The molecule has 0 saturated carbocycles. The van der Waals surface area contributed by atoms with Crippen molar-refractivity contribution in [1.82, 2.24) is 4.98 Å². The molecule has 0 amide bonds. The molecule has 1 atom stereocenters. The summed E-state index contributed by atoms with van der Waals surface area (Å²) in [4.78, 5) is 4.48. The Hall–Kier alpha value is -2.35. The zero-order valence-electron chi connectivity index (χ0n) is 12.7. The Kier molecular flexibility index (Phi) is 4.38. The van der Waals surface area contributed by atoms with E-state index in [0.717, 1.165) is 41.2 Å². The highest BCUT2D eigenvalue weighted by Gasteiger charge is 2.18. The first-order valence-corrected chi connectivity index (χ1v) is 7.43. The minimum atomic E-state index is 0.222. The molecule has 1 aliphatic rings. The van der Waals surface area contributed by atoms with Gasteiger partial charge < -0.3 is 9.47 Å². The van der Waals surface area contributed by atoms with Crippen molar-refractivity contribution in [3.63, 3.8) is 0 Å². The van der Waals surface area contributed by atoms with E-state index in [1.165, 1.54) is 0 Å². The van der Waals surface area contributed by atoms with Crippen LogP contribution in [0.15, 0.2) is 48.8 Å². The van der Waals surface area contributed by atoms with Gasteiger partial charge in [0.05, 0.1) is 11.8 Å². The van der Waals surface area contributed by atoms with Crippen LogP contribution in [0.5, 0.6) is 5.75 Å². The average Bonchev–Trinajstić information content (AvgIpc) is 2.46. The average molecular weight is 293 g/mol. The van der Waals surface area contributed by atoms with Crippen LogP contribution in [0.3, 0.4) is 0 Å². The molecule has 0 aliphatic carbocycles. The first-order chi connectivity index (χ1) is 10.7. The van der Waals surface area contributed by atoms with Gasteiger partial charge in [-0.2, -0.15) is 0 Å². The molecule has 1 aliphatic heterocycles. The number of aromatic nitrogens is 1. The van der Waals surface area contributed by atoms with E-state index in [0.29, 0.717) is 6.61 Å². The van der Waals surface area contributed by atoms with Crippen molar-refractivity contribution >= 4 is 6.08 Å². The van der Waals surface area contributed by atoms with E-state index < -0.39 is 0 Å². The van der Waals surface area contributed by atoms with E-state index >= 15 is 0 Å². The highest BCUT2D eigenvalue weighted by atomic mass is 16.5. The lowest BCUT2D eigenvalue weighted by molar-refractivity contribution is -0.0720. The Labute approximate surface area is 130 Å². The molecule has 1 fully saturated rings. The lowest BCUT2D eigenvalue weighted by Crippen LogP contribution is -2.32. The van der Waals surface area contributed by atoms with E-state index in [-0.39, 0.29) is 6.10 Å². The Balaban J connectivity index is 1.88. The van der Waals surface area contributed by atoms with E-state index in [1.807, 2.05) is 37.4 Å². The molecule has 3 rings (SSSR count). The minimum Gasteiger partial charge on any atom is -0.491 e. The molecule has 112 valence electrons. The zero-order chi connectivity index (χ0) is 15.4. The van der Waals surface area contributed by atoms with E-state index in [2.05, 4.69) is 29.4 Å². The van der Waals surface area contributed by atoms with Gasteiger partial charge in [0.25, 0.3) is 0 Å². The molecule has 1 aromatic carbocycles. The van der Waals surface area contributed by atoms with Gasteiger partial charge in [-0.3, -0.25) is 4.98 Å². The summed E-state index contributed by atoms with van der Waals surface area (Å²) in [5.74, 6) is 0.817. The summed E-state index contributed by atoms with van der Waals surface area (Å²) in [5.41, 5.74) is 6.90. The van der Waals surface area contributed by atoms with Gasteiger partial charge in [-0.1, -0.05) is 12.6 Å². The molecular formula is C19H19NO2. The monoisotopic (exact) mass is 293 g/mol. The lowest BCUT2D eigenvalue weighted by Gasteiger charge is -2.26. The van der Waals surface area contributed by atoms with Crippen LogP contribution < -0.4 is 4.74 Å². The highest BCUT2D eigenvalue weighted by molar-refractivity contribution is 5.67. The standard InChI is InChI=1S/C19H19NO2/c1-3-4-15-9-16(19-6-5-14(2)12-20-19)11-18(10-15)22-13-17-7-8-21-17/h4-6,9-12,17H,1,7-8,13H2,2H3. The second-order valence-electron chi connectivity index (χ2n) is 5.45. The number of pyridine rings is 1. The Morgan fingerprint density at radius 3 is 2.91 bits per heavy atom. The molecule has 1 aromatic heterocycles. The number of ether oxygens (including phenoxy) is 2. The number of nitrogens with zero attached hydrogens (tertiary/aromatic N) is 1. The Morgan fingerprint density at radius 1 is 1.41 bits per heavy atom. The zero-order valence-corrected chi connectivity index (χ0v) is 12.7. The second-order valence-corrected chi connectivity index (χ2v) is 5.45. The third kappa shape index (κ3) is 3.45. The van der Waals surface area contributed by atoms with Crippen LogP contribution in [0.4, 0.5) is 0 Å². The molecule has 1 saturated heterocycles. The SMILES string of the molecule is C=C=Cc1cc(OCC2CCO2)cc(-c2ccc(C)cn2)c1. The van der Waals surface area contributed by atoms with Crippen molar-refractivity contribution in [2.24, 2.45) is 0 Å². The maximum atomic E-state index is 5.86. The van der Waals surface area contributed by atoms with Crippen LogP contribution in [0.2, 0.25) is 0 Å². The first-order valence-electron chi connectivity index (χ1n) is 7.43. The number of benzene rings is 1. The fraction of sp³-hybridized carbons (Fsp3) is 0.263. The minimum absolute atomic E-state index is 0.222. The number of rotatable bonds is 5. The smallest absolute Gasteiger partial charge is 0.120 e. The van der Waals surface area contributed by atoms with Crippen molar-refractivity contribution in [2.45, 2.75) is 19.4 Å². The molecule has 0 spiro atoms. The summed E-state index contributed by atoms with van der Waals surface area (Å²) < 4.78 is 11.3. The topological polar surface area (TPSA) is 31.4 Å². The predicted octanol–water partition coefficient (Wildman–Crippen LogP) is 4.02. The first kappa shape index (κ1) is 14.6. The summed E-state index contributed by atoms with van der Waals surface area (Å²) in [5, 5.41) is 0. The van der Waals surface area contributed by atoms with Crippen LogP contribution in [0.25, 0.3) is 17.3 Å². The van der Waals surface area contributed by atoms with Gasteiger partial charge in [0, 0.05) is 24.8 Å². The van der Waals surface area contributed by atoms with Crippen LogP contribution in [-0.4, -0.2) is 24.3 Å². The molecule has 22 heavy (non-hydrogen) atoms. The Bertz CT molecular complexity index is 696. The summed E-state index contributed by atoms with van der Waals surface area (Å²) >= 11 is 0. The van der Waals surface area contributed by atoms with Crippen molar-refractivity contribution in [3.05, 3.63) is 60.0 Å². The molecule has 3 nitrogen and oxygen atoms in total. The normalized spacial score (nSPS) is 16.5. The fourth-order valence-corrected chi connectivity index (χ4v) is 2.30. The molecule has 0 radical (unpaired) electrons. The molecule has 2 heterocycles. The largest absolute Gasteiger partial charge is 0.491 e. The molecular weight excluding hydrogens is 274 g/mol. The summed E-state index contributed by atoms with van der Waals surface area (Å²) in [7, 11) is 0. The summed E-state index contributed by atoms with van der Waals surface area (Å²) in [6.45, 7) is 7.09. The number of hydrogen-bond acceptors (Lipinski definition) is 3. The molecule has 1 unspecified atom stereocenters. The highest BCUT2D eigenvalue weighted by Crippen LogP contribution is 2.26. The van der Waals surface area contributed by atoms with Gasteiger partial charge in [0.15, 0.2) is 0 Å². The van der Waals surface area contributed by atoms with Crippen LogP contribution in [-0.2, 0) is 4.74 Å². The van der Waals surface area contributed by atoms with Gasteiger partial charge in [-0.15, -0.1) is 5.73 Å².